The van der Waals surface area contributed by atoms with Crippen molar-refractivity contribution in [1.29, 1.82) is 0 Å². The quantitative estimate of drug-likeness (QED) is 0.681. The summed E-state index contributed by atoms with van der Waals surface area (Å²) in [6, 6.07) is 0. The van der Waals surface area contributed by atoms with Crippen molar-refractivity contribution in [1.82, 2.24) is 4.72 Å². The van der Waals surface area contributed by atoms with Gasteiger partial charge in [0.25, 0.3) is 0 Å². The normalized spacial score (nSPS) is 21.7. The second-order valence-corrected chi connectivity index (χ2v) is 9.69. The molecular formula is C9H18N2O4S3. The van der Waals surface area contributed by atoms with Gasteiger partial charge in [0.05, 0.1) is 27.3 Å². The van der Waals surface area contributed by atoms with Gasteiger partial charge in [0, 0.05) is 0 Å². The lowest BCUT2D eigenvalue weighted by Crippen LogP contribution is -2.55. The lowest BCUT2D eigenvalue weighted by molar-refractivity contribution is 0.519. The van der Waals surface area contributed by atoms with Gasteiger partial charge >= 0.3 is 0 Å². The van der Waals surface area contributed by atoms with Gasteiger partial charge < -0.3 is 5.73 Å². The number of rotatable bonds is 4. The first kappa shape index (κ1) is 15.8. The Kier molecular flexibility index (Phi) is 4.41. The summed E-state index contributed by atoms with van der Waals surface area (Å²) in [7, 11) is -6.70. The Morgan fingerprint density at radius 2 is 1.78 bits per heavy atom. The summed E-state index contributed by atoms with van der Waals surface area (Å²) in [6.45, 7) is 3.15. The van der Waals surface area contributed by atoms with Crippen molar-refractivity contribution in [2.45, 2.75) is 37.5 Å². The summed E-state index contributed by atoms with van der Waals surface area (Å²) in [4.78, 5) is 0.0505. The van der Waals surface area contributed by atoms with Crippen LogP contribution in [0.3, 0.4) is 0 Å². The maximum absolute atomic E-state index is 12.1. The van der Waals surface area contributed by atoms with Crippen LogP contribution in [0.1, 0.15) is 26.7 Å². The molecule has 1 fully saturated rings. The van der Waals surface area contributed by atoms with E-state index in [1.54, 1.807) is 13.8 Å². The Morgan fingerprint density at radius 3 is 2.17 bits per heavy atom. The average molecular weight is 314 g/mol. The van der Waals surface area contributed by atoms with Crippen molar-refractivity contribution < 1.29 is 16.8 Å². The van der Waals surface area contributed by atoms with Gasteiger partial charge in [-0.25, -0.2) is 21.6 Å². The molecule has 0 aromatic heterocycles. The maximum atomic E-state index is 12.1. The molecule has 0 atom stereocenters. The molecule has 18 heavy (non-hydrogen) atoms. The van der Waals surface area contributed by atoms with E-state index in [0.717, 1.165) is 0 Å². The van der Waals surface area contributed by atoms with Crippen LogP contribution in [-0.4, -0.2) is 44.1 Å². The van der Waals surface area contributed by atoms with Crippen LogP contribution in [0, 0.1) is 0 Å². The molecule has 1 rings (SSSR count). The summed E-state index contributed by atoms with van der Waals surface area (Å²) in [5, 5.41) is -0.699. The zero-order valence-electron chi connectivity index (χ0n) is 10.3. The van der Waals surface area contributed by atoms with E-state index in [-0.39, 0.29) is 29.3 Å². The highest BCUT2D eigenvalue weighted by molar-refractivity contribution is 7.92. The third-order valence-corrected chi connectivity index (χ3v) is 7.32. The zero-order chi connectivity index (χ0) is 14.2. The monoisotopic (exact) mass is 314 g/mol. The van der Waals surface area contributed by atoms with Crippen LogP contribution in [0.15, 0.2) is 0 Å². The lowest BCUT2D eigenvalue weighted by atomic mass is 10.1. The van der Waals surface area contributed by atoms with Crippen LogP contribution in [0.2, 0.25) is 0 Å². The van der Waals surface area contributed by atoms with Gasteiger partial charge in [-0.3, -0.25) is 0 Å². The van der Waals surface area contributed by atoms with Crippen molar-refractivity contribution >= 4 is 37.1 Å². The van der Waals surface area contributed by atoms with Gasteiger partial charge in [0.1, 0.15) is 9.84 Å². The van der Waals surface area contributed by atoms with Crippen LogP contribution in [0.4, 0.5) is 0 Å². The number of thiocarbonyl (C=S) groups is 1. The largest absolute Gasteiger partial charge is 0.392 e. The van der Waals surface area contributed by atoms with Gasteiger partial charge in [0.2, 0.25) is 10.0 Å². The first-order valence-corrected chi connectivity index (χ1v) is 9.27. The molecule has 0 radical (unpaired) electrons. The number of nitrogens with two attached hydrogens (primary N) is 1. The number of nitrogens with one attached hydrogen (secondary N) is 1. The molecule has 0 aromatic carbocycles. The molecular weight excluding hydrogens is 296 g/mol. The van der Waals surface area contributed by atoms with Gasteiger partial charge in [-0.05, 0) is 26.7 Å². The minimum Gasteiger partial charge on any atom is -0.392 e. The van der Waals surface area contributed by atoms with Crippen molar-refractivity contribution in [3.63, 3.8) is 0 Å². The summed E-state index contributed by atoms with van der Waals surface area (Å²) < 4.78 is 49.2. The number of hydrogen-bond donors (Lipinski definition) is 2. The second-order valence-electron chi connectivity index (χ2n) is 4.99. The fraction of sp³-hybridized carbons (Fsp3) is 0.889. The van der Waals surface area contributed by atoms with E-state index in [0.29, 0.717) is 0 Å². The molecule has 0 spiro atoms. The molecule has 1 saturated heterocycles. The van der Waals surface area contributed by atoms with Crippen molar-refractivity contribution in [3.05, 3.63) is 0 Å². The molecule has 6 nitrogen and oxygen atoms in total. The topological polar surface area (TPSA) is 106 Å². The fourth-order valence-corrected chi connectivity index (χ4v) is 5.42. The van der Waals surface area contributed by atoms with Gasteiger partial charge in [0.15, 0.2) is 0 Å². The first-order valence-electron chi connectivity index (χ1n) is 5.49. The molecule has 0 bridgehead atoms. The van der Waals surface area contributed by atoms with Crippen LogP contribution in [0.25, 0.3) is 0 Å². The molecule has 106 valence electrons. The van der Waals surface area contributed by atoms with Crippen molar-refractivity contribution in [2.24, 2.45) is 5.73 Å². The molecule has 0 aliphatic carbocycles. The lowest BCUT2D eigenvalue weighted by Gasteiger charge is -2.29. The number of hydrogen-bond acceptors (Lipinski definition) is 5. The van der Waals surface area contributed by atoms with Gasteiger partial charge in [-0.2, -0.15) is 0 Å². The second kappa shape index (κ2) is 5.03. The van der Waals surface area contributed by atoms with Crippen molar-refractivity contribution in [3.8, 4) is 0 Å². The third-order valence-electron chi connectivity index (χ3n) is 2.95. The fourth-order valence-electron chi connectivity index (χ4n) is 1.67. The minimum atomic E-state index is -3.62. The SMILES string of the molecule is CC(C)(NS(=O)(=O)C1CCS(=O)(=O)CC1)C(N)=S. The van der Waals surface area contributed by atoms with E-state index in [2.05, 4.69) is 4.72 Å². The van der Waals surface area contributed by atoms with E-state index in [9.17, 15) is 16.8 Å². The number of sulfone groups is 1. The molecule has 0 saturated carbocycles. The Hall–Kier alpha value is -0.250. The summed E-state index contributed by atoms with van der Waals surface area (Å²) in [5.74, 6) is -0.182. The average Bonchev–Trinajstić information content (AvgIpc) is 2.14. The molecule has 1 aliphatic heterocycles. The maximum Gasteiger partial charge on any atom is 0.215 e. The third kappa shape index (κ3) is 3.87. The molecule has 3 N–H and O–H groups in total. The standard InChI is InChI=1S/C9H18N2O4S3/c1-9(2,8(10)16)11-18(14,15)7-3-5-17(12,13)6-4-7/h7,11H,3-6H2,1-2H3,(H2,10,16). The van der Waals surface area contributed by atoms with Gasteiger partial charge in [-0.15, -0.1) is 0 Å². The highest BCUT2D eigenvalue weighted by atomic mass is 32.2. The Bertz CT molecular complexity index is 522. The van der Waals surface area contributed by atoms with E-state index >= 15 is 0 Å². The molecule has 0 aromatic rings. The summed E-state index contributed by atoms with van der Waals surface area (Å²) >= 11 is 4.79. The minimum absolute atomic E-state index is 0.0505. The molecule has 0 amide bonds. The van der Waals surface area contributed by atoms with E-state index < -0.39 is 30.6 Å². The summed E-state index contributed by atoms with van der Waals surface area (Å²) in [6.07, 6.45) is 0.232. The molecule has 0 unspecified atom stereocenters. The number of sulfonamides is 1. The Labute approximate surface area is 113 Å². The first-order chi connectivity index (χ1) is 7.96. The zero-order valence-corrected chi connectivity index (χ0v) is 12.8. The van der Waals surface area contributed by atoms with Crippen LogP contribution in [0.5, 0.6) is 0 Å². The van der Waals surface area contributed by atoms with Crippen LogP contribution in [-0.2, 0) is 19.9 Å². The Morgan fingerprint density at radius 1 is 1.33 bits per heavy atom. The summed E-state index contributed by atoms with van der Waals surface area (Å²) in [5.41, 5.74) is 4.45. The predicted octanol–water partition coefficient (Wildman–Crippen LogP) is -0.452. The van der Waals surface area contributed by atoms with Crippen LogP contribution >= 0.6 is 12.2 Å². The van der Waals surface area contributed by atoms with Crippen LogP contribution < -0.4 is 10.5 Å². The van der Waals surface area contributed by atoms with E-state index in [1.807, 2.05) is 0 Å². The van der Waals surface area contributed by atoms with E-state index in [1.165, 1.54) is 0 Å². The molecule has 1 heterocycles. The molecule has 1 aliphatic rings. The smallest absolute Gasteiger partial charge is 0.215 e. The Balaban J connectivity index is 2.81. The predicted molar refractivity (Wildman–Crippen MR) is 74.6 cm³/mol. The molecule has 9 heteroatoms. The van der Waals surface area contributed by atoms with Crippen molar-refractivity contribution in [2.75, 3.05) is 11.5 Å². The van der Waals surface area contributed by atoms with Gasteiger partial charge in [-0.1, -0.05) is 12.2 Å². The highest BCUT2D eigenvalue weighted by Gasteiger charge is 2.36. The highest BCUT2D eigenvalue weighted by Crippen LogP contribution is 2.20. The van der Waals surface area contributed by atoms with E-state index in [4.69, 9.17) is 18.0 Å².